The second kappa shape index (κ2) is 4.22. The summed E-state index contributed by atoms with van der Waals surface area (Å²) in [6, 6.07) is 0. The van der Waals surface area contributed by atoms with Gasteiger partial charge in [-0.3, -0.25) is 4.79 Å². The molecule has 1 heterocycles. The van der Waals surface area contributed by atoms with Gasteiger partial charge in [-0.2, -0.15) is 0 Å². The van der Waals surface area contributed by atoms with Crippen molar-refractivity contribution in [2.75, 3.05) is 13.1 Å². The van der Waals surface area contributed by atoms with Crippen LogP contribution < -0.4 is 0 Å². The van der Waals surface area contributed by atoms with Crippen LogP contribution >= 0.6 is 0 Å². The Kier molecular flexibility index (Phi) is 3.19. The molecule has 1 aliphatic carbocycles. The van der Waals surface area contributed by atoms with E-state index in [2.05, 4.69) is 0 Å². The van der Waals surface area contributed by atoms with Crippen LogP contribution in [0.1, 0.15) is 53.9 Å². The number of ketones is 1. The summed E-state index contributed by atoms with van der Waals surface area (Å²) in [5.74, 6) is 0.332. The van der Waals surface area contributed by atoms with Crippen LogP contribution in [0, 0.1) is 10.8 Å². The highest BCUT2D eigenvalue weighted by Crippen LogP contribution is 2.55. The standard InChI is InChI=1S/C15H25NO3/c1-13(2,3)19-12(18)16-9-8-15(10-16)7-6-11(17)14(15,4)5/h6-10H2,1-5H3. The Morgan fingerprint density at radius 1 is 1.26 bits per heavy atom. The van der Waals surface area contributed by atoms with Crippen molar-refractivity contribution in [3.8, 4) is 0 Å². The molecule has 2 fully saturated rings. The highest BCUT2D eigenvalue weighted by Gasteiger charge is 2.57. The molecule has 0 aromatic carbocycles. The lowest BCUT2D eigenvalue weighted by Crippen LogP contribution is -2.41. The number of amides is 1. The van der Waals surface area contributed by atoms with Crippen molar-refractivity contribution >= 4 is 11.9 Å². The molecule has 1 aliphatic heterocycles. The van der Waals surface area contributed by atoms with Crippen LogP contribution in [0.4, 0.5) is 4.79 Å². The fourth-order valence-electron chi connectivity index (χ4n) is 3.34. The van der Waals surface area contributed by atoms with E-state index in [-0.39, 0.29) is 16.9 Å². The van der Waals surface area contributed by atoms with Crippen molar-refractivity contribution < 1.29 is 14.3 Å². The van der Waals surface area contributed by atoms with E-state index in [4.69, 9.17) is 4.74 Å². The van der Waals surface area contributed by atoms with E-state index in [0.717, 1.165) is 12.8 Å². The smallest absolute Gasteiger partial charge is 0.410 e. The molecule has 0 aromatic rings. The predicted octanol–water partition coefficient (Wildman–Crippen LogP) is 3.00. The summed E-state index contributed by atoms with van der Waals surface area (Å²) in [5, 5.41) is 0. The Hall–Kier alpha value is -1.06. The van der Waals surface area contributed by atoms with Gasteiger partial charge in [0.1, 0.15) is 11.4 Å². The second-order valence-corrected chi connectivity index (χ2v) is 7.48. The molecule has 1 saturated heterocycles. The van der Waals surface area contributed by atoms with Gasteiger partial charge in [0, 0.05) is 30.3 Å². The average molecular weight is 267 g/mol. The highest BCUT2D eigenvalue weighted by atomic mass is 16.6. The Balaban J connectivity index is 2.08. The summed E-state index contributed by atoms with van der Waals surface area (Å²) in [6.07, 6.45) is 2.21. The lowest BCUT2D eigenvalue weighted by atomic mass is 9.67. The zero-order valence-electron chi connectivity index (χ0n) is 12.7. The summed E-state index contributed by atoms with van der Waals surface area (Å²) in [4.78, 5) is 25.9. The summed E-state index contributed by atoms with van der Waals surface area (Å²) in [7, 11) is 0. The van der Waals surface area contributed by atoms with Gasteiger partial charge in [-0.05, 0) is 33.6 Å². The van der Waals surface area contributed by atoms with Crippen molar-refractivity contribution in [2.24, 2.45) is 10.8 Å². The van der Waals surface area contributed by atoms with Crippen molar-refractivity contribution in [1.29, 1.82) is 0 Å². The normalized spacial score (nSPS) is 30.2. The molecule has 1 spiro atoms. The zero-order chi connectivity index (χ0) is 14.5. The molecule has 2 rings (SSSR count). The molecule has 0 aromatic heterocycles. The molecular formula is C15H25NO3. The minimum atomic E-state index is -0.464. The van der Waals surface area contributed by atoms with Gasteiger partial charge < -0.3 is 9.64 Å². The molecule has 0 N–H and O–H groups in total. The molecule has 108 valence electrons. The molecule has 1 saturated carbocycles. The van der Waals surface area contributed by atoms with E-state index < -0.39 is 5.60 Å². The first-order valence-corrected chi connectivity index (χ1v) is 7.09. The van der Waals surface area contributed by atoms with Crippen LogP contribution in [0.3, 0.4) is 0 Å². The van der Waals surface area contributed by atoms with Gasteiger partial charge in [-0.1, -0.05) is 13.8 Å². The Labute approximate surface area is 115 Å². The van der Waals surface area contributed by atoms with Crippen molar-refractivity contribution in [3.05, 3.63) is 0 Å². The third kappa shape index (κ3) is 2.37. The summed E-state index contributed by atoms with van der Waals surface area (Å²) in [6.45, 7) is 11.0. The number of hydrogen-bond acceptors (Lipinski definition) is 3. The summed E-state index contributed by atoms with van der Waals surface area (Å²) in [5.41, 5.74) is -0.821. The van der Waals surface area contributed by atoms with E-state index in [1.54, 1.807) is 4.90 Å². The molecule has 1 atom stereocenters. The number of Topliss-reactive ketones (excluding diaryl/α,β-unsaturated/α-hetero) is 1. The third-order valence-electron chi connectivity index (χ3n) is 4.86. The van der Waals surface area contributed by atoms with Gasteiger partial charge in [0.05, 0.1) is 0 Å². The van der Waals surface area contributed by atoms with Crippen LogP contribution in [0.5, 0.6) is 0 Å². The van der Waals surface area contributed by atoms with E-state index in [9.17, 15) is 9.59 Å². The Morgan fingerprint density at radius 3 is 2.37 bits per heavy atom. The largest absolute Gasteiger partial charge is 0.444 e. The number of ether oxygens (including phenoxy) is 1. The van der Waals surface area contributed by atoms with Crippen LogP contribution in [-0.4, -0.2) is 35.5 Å². The maximum atomic E-state index is 12.1. The summed E-state index contributed by atoms with van der Waals surface area (Å²) < 4.78 is 5.42. The van der Waals surface area contributed by atoms with Gasteiger partial charge in [-0.15, -0.1) is 0 Å². The lowest BCUT2D eigenvalue weighted by molar-refractivity contribution is -0.127. The predicted molar refractivity (Wildman–Crippen MR) is 72.9 cm³/mol. The van der Waals surface area contributed by atoms with Crippen molar-refractivity contribution in [1.82, 2.24) is 4.90 Å². The topological polar surface area (TPSA) is 46.6 Å². The molecule has 19 heavy (non-hydrogen) atoms. The second-order valence-electron chi connectivity index (χ2n) is 7.48. The maximum Gasteiger partial charge on any atom is 0.410 e. The van der Waals surface area contributed by atoms with Gasteiger partial charge in [0.25, 0.3) is 0 Å². The summed E-state index contributed by atoms with van der Waals surface area (Å²) >= 11 is 0. The fourth-order valence-corrected chi connectivity index (χ4v) is 3.34. The van der Waals surface area contributed by atoms with Crippen LogP contribution in [0.25, 0.3) is 0 Å². The van der Waals surface area contributed by atoms with Crippen LogP contribution in [-0.2, 0) is 9.53 Å². The molecule has 0 radical (unpaired) electrons. The van der Waals surface area contributed by atoms with Crippen molar-refractivity contribution in [3.63, 3.8) is 0 Å². The average Bonchev–Trinajstić information content (AvgIpc) is 2.76. The fraction of sp³-hybridized carbons (Fsp3) is 0.867. The van der Waals surface area contributed by atoms with Crippen LogP contribution in [0.2, 0.25) is 0 Å². The minimum Gasteiger partial charge on any atom is -0.444 e. The van der Waals surface area contributed by atoms with Gasteiger partial charge in [0.2, 0.25) is 0 Å². The van der Waals surface area contributed by atoms with E-state index in [1.165, 1.54) is 0 Å². The Morgan fingerprint density at radius 2 is 1.89 bits per heavy atom. The van der Waals surface area contributed by atoms with Gasteiger partial charge in [-0.25, -0.2) is 4.79 Å². The van der Waals surface area contributed by atoms with Gasteiger partial charge >= 0.3 is 6.09 Å². The maximum absolute atomic E-state index is 12.1. The third-order valence-corrected chi connectivity index (χ3v) is 4.86. The van der Waals surface area contributed by atoms with Crippen molar-refractivity contribution in [2.45, 2.75) is 59.5 Å². The Bertz CT molecular complexity index is 408. The molecule has 1 amide bonds. The van der Waals surface area contributed by atoms with E-state index in [1.807, 2.05) is 34.6 Å². The first-order valence-electron chi connectivity index (χ1n) is 7.09. The molecular weight excluding hydrogens is 242 g/mol. The minimum absolute atomic E-state index is 0.0407. The number of likely N-dealkylation sites (tertiary alicyclic amines) is 1. The van der Waals surface area contributed by atoms with Crippen LogP contribution in [0.15, 0.2) is 0 Å². The number of carbonyl (C=O) groups excluding carboxylic acids is 2. The SMILES string of the molecule is CC(C)(C)OC(=O)N1CCC2(CCC(=O)C2(C)C)C1. The first-order chi connectivity index (χ1) is 8.57. The monoisotopic (exact) mass is 267 g/mol. The molecule has 4 nitrogen and oxygen atoms in total. The quantitative estimate of drug-likeness (QED) is 0.678. The molecule has 1 unspecified atom stereocenters. The molecule has 4 heteroatoms. The number of nitrogens with zero attached hydrogens (tertiary/aromatic N) is 1. The zero-order valence-corrected chi connectivity index (χ0v) is 12.7. The van der Waals surface area contributed by atoms with Gasteiger partial charge in [0.15, 0.2) is 0 Å². The highest BCUT2D eigenvalue weighted by molar-refractivity contribution is 5.87. The number of carbonyl (C=O) groups is 2. The molecule has 2 aliphatic rings. The number of rotatable bonds is 0. The van der Waals surface area contributed by atoms with E-state index >= 15 is 0 Å². The lowest BCUT2D eigenvalue weighted by Gasteiger charge is -2.36. The van der Waals surface area contributed by atoms with E-state index in [0.29, 0.717) is 25.3 Å². The first kappa shape index (κ1) is 14.4. The molecule has 0 bridgehead atoms. The number of hydrogen-bond donors (Lipinski definition) is 0.